The first-order valence-electron chi connectivity index (χ1n) is 10.8. The molecule has 1 aliphatic heterocycles. The number of benzene rings is 2. The summed E-state index contributed by atoms with van der Waals surface area (Å²) in [4.78, 5) is 0. The highest BCUT2D eigenvalue weighted by atomic mass is 19.4. The van der Waals surface area contributed by atoms with Crippen LogP contribution in [0, 0.1) is 17.7 Å². The molecular formula is C24H24F7NO. The highest BCUT2D eigenvalue weighted by Gasteiger charge is 2.44. The smallest absolute Gasteiger partial charge is 0.370 e. The summed E-state index contributed by atoms with van der Waals surface area (Å²) in [5.74, 6) is 0.0501. The molecule has 0 amide bonds. The standard InChI is InChI=1S/C24H24F7NO/c1-13(16-8-17(23(26,27)28)10-18(9-16)24(29,30)31)33-21-7-4-15-11-32-12-20(15)22(21)14-2-5-19(25)6-3-14/h2-3,5-6,8-10,13,15,20-22,32H,4,7,11-12H2,1H3/t13-,15?,20?,21?,22?/m1/s1. The lowest BCUT2D eigenvalue weighted by atomic mass is 9.69. The molecule has 180 valence electrons. The highest BCUT2D eigenvalue weighted by Crippen LogP contribution is 2.46. The molecule has 5 atom stereocenters. The first-order valence-corrected chi connectivity index (χ1v) is 10.8. The molecule has 0 aromatic heterocycles. The van der Waals surface area contributed by atoms with Crippen molar-refractivity contribution in [3.63, 3.8) is 0 Å². The molecule has 2 fully saturated rings. The second-order valence-corrected chi connectivity index (χ2v) is 8.89. The molecule has 2 nitrogen and oxygen atoms in total. The van der Waals surface area contributed by atoms with Crippen molar-refractivity contribution in [2.45, 2.75) is 50.2 Å². The van der Waals surface area contributed by atoms with E-state index < -0.39 is 35.7 Å². The van der Waals surface area contributed by atoms with Gasteiger partial charge in [-0.25, -0.2) is 4.39 Å². The van der Waals surface area contributed by atoms with Crippen molar-refractivity contribution in [3.05, 3.63) is 70.5 Å². The van der Waals surface area contributed by atoms with Crippen molar-refractivity contribution in [1.82, 2.24) is 5.32 Å². The van der Waals surface area contributed by atoms with Crippen molar-refractivity contribution in [2.24, 2.45) is 11.8 Å². The van der Waals surface area contributed by atoms with E-state index in [0.29, 0.717) is 12.3 Å². The van der Waals surface area contributed by atoms with Crippen LogP contribution in [0.4, 0.5) is 30.7 Å². The zero-order valence-corrected chi connectivity index (χ0v) is 17.8. The maximum atomic E-state index is 13.5. The van der Waals surface area contributed by atoms with Crippen molar-refractivity contribution in [3.8, 4) is 0 Å². The average molecular weight is 475 g/mol. The Kier molecular flexibility index (Phi) is 6.48. The minimum Gasteiger partial charge on any atom is -0.370 e. The third kappa shape index (κ3) is 5.19. The number of fused-ring (bicyclic) bond motifs is 1. The molecule has 2 aromatic carbocycles. The second-order valence-electron chi connectivity index (χ2n) is 8.89. The van der Waals surface area contributed by atoms with E-state index in [0.717, 1.165) is 37.2 Å². The number of ether oxygens (including phenoxy) is 1. The summed E-state index contributed by atoms with van der Waals surface area (Å²) < 4.78 is 99.3. The summed E-state index contributed by atoms with van der Waals surface area (Å²) in [6, 6.07) is 7.61. The molecule has 1 heterocycles. The van der Waals surface area contributed by atoms with E-state index in [2.05, 4.69) is 5.32 Å². The number of halogens is 7. The van der Waals surface area contributed by atoms with Gasteiger partial charge in [0, 0.05) is 5.92 Å². The summed E-state index contributed by atoms with van der Waals surface area (Å²) in [6.45, 7) is 3.03. The third-order valence-corrected chi connectivity index (χ3v) is 6.79. The van der Waals surface area contributed by atoms with Gasteiger partial charge in [-0.05, 0) is 86.1 Å². The van der Waals surface area contributed by atoms with Crippen molar-refractivity contribution < 1.29 is 35.5 Å². The van der Waals surface area contributed by atoms with Gasteiger partial charge in [-0.3, -0.25) is 0 Å². The Morgan fingerprint density at radius 2 is 1.48 bits per heavy atom. The molecule has 4 unspecified atom stereocenters. The summed E-state index contributed by atoms with van der Waals surface area (Å²) in [7, 11) is 0. The fourth-order valence-corrected chi connectivity index (χ4v) is 5.18. The number of nitrogens with one attached hydrogen (secondary N) is 1. The van der Waals surface area contributed by atoms with Crippen LogP contribution in [0.5, 0.6) is 0 Å². The van der Waals surface area contributed by atoms with E-state index >= 15 is 0 Å². The molecule has 1 saturated carbocycles. The molecule has 0 bridgehead atoms. The third-order valence-electron chi connectivity index (χ3n) is 6.79. The minimum atomic E-state index is -4.92. The minimum absolute atomic E-state index is 0.118. The van der Waals surface area contributed by atoms with Gasteiger partial charge >= 0.3 is 12.4 Å². The predicted molar refractivity (Wildman–Crippen MR) is 108 cm³/mol. The lowest BCUT2D eigenvalue weighted by Gasteiger charge is -2.41. The van der Waals surface area contributed by atoms with Crippen LogP contribution in [0.3, 0.4) is 0 Å². The van der Waals surface area contributed by atoms with Crippen LogP contribution >= 0.6 is 0 Å². The van der Waals surface area contributed by atoms with Crippen LogP contribution in [0.1, 0.15) is 54.0 Å². The fourth-order valence-electron chi connectivity index (χ4n) is 5.18. The Morgan fingerprint density at radius 3 is 2.06 bits per heavy atom. The number of hydrogen-bond acceptors (Lipinski definition) is 2. The molecule has 4 rings (SSSR count). The molecular weight excluding hydrogens is 451 g/mol. The molecule has 9 heteroatoms. The van der Waals surface area contributed by atoms with Gasteiger partial charge in [-0.2, -0.15) is 26.3 Å². The summed E-state index contributed by atoms with van der Waals surface area (Å²) in [5.41, 5.74) is -2.04. The zero-order valence-electron chi connectivity index (χ0n) is 17.8. The summed E-state index contributed by atoms with van der Waals surface area (Å²) >= 11 is 0. The first-order chi connectivity index (χ1) is 15.4. The van der Waals surface area contributed by atoms with E-state index in [4.69, 9.17) is 4.74 Å². The normalized spacial score (nSPS) is 26.8. The molecule has 1 aliphatic carbocycles. The van der Waals surface area contributed by atoms with Gasteiger partial charge in [0.1, 0.15) is 5.82 Å². The van der Waals surface area contributed by atoms with Crippen LogP contribution in [0.25, 0.3) is 0 Å². The van der Waals surface area contributed by atoms with E-state index in [1.807, 2.05) is 0 Å². The maximum Gasteiger partial charge on any atom is 0.416 e. The first kappa shape index (κ1) is 24.0. The number of alkyl halides is 6. The van der Waals surface area contributed by atoms with E-state index in [1.165, 1.54) is 19.1 Å². The molecule has 2 aromatic rings. The van der Waals surface area contributed by atoms with Gasteiger partial charge in [-0.15, -0.1) is 0 Å². The number of rotatable bonds is 4. The van der Waals surface area contributed by atoms with Gasteiger partial charge in [-0.1, -0.05) is 12.1 Å². The topological polar surface area (TPSA) is 21.3 Å². The molecule has 0 radical (unpaired) electrons. The Bertz CT molecular complexity index is 938. The highest BCUT2D eigenvalue weighted by molar-refractivity contribution is 5.35. The van der Waals surface area contributed by atoms with Crippen LogP contribution in [0.15, 0.2) is 42.5 Å². The largest absolute Gasteiger partial charge is 0.416 e. The van der Waals surface area contributed by atoms with Gasteiger partial charge in [0.05, 0.1) is 23.3 Å². The van der Waals surface area contributed by atoms with Gasteiger partial charge in [0.15, 0.2) is 0 Å². The summed E-state index contributed by atoms with van der Waals surface area (Å²) in [6.07, 6.45) is -9.80. The Hall–Kier alpha value is -2.13. The van der Waals surface area contributed by atoms with Crippen LogP contribution < -0.4 is 5.32 Å². The molecule has 2 aliphatic rings. The van der Waals surface area contributed by atoms with Gasteiger partial charge in [0.25, 0.3) is 0 Å². The van der Waals surface area contributed by atoms with E-state index in [1.54, 1.807) is 12.1 Å². The Morgan fingerprint density at radius 1 is 0.879 bits per heavy atom. The molecule has 33 heavy (non-hydrogen) atoms. The van der Waals surface area contributed by atoms with Gasteiger partial charge in [0.2, 0.25) is 0 Å². The van der Waals surface area contributed by atoms with Crippen LogP contribution in [-0.2, 0) is 17.1 Å². The lowest BCUT2D eigenvalue weighted by molar-refractivity contribution is -0.143. The van der Waals surface area contributed by atoms with Gasteiger partial charge < -0.3 is 10.1 Å². The summed E-state index contributed by atoms with van der Waals surface area (Å²) in [5, 5.41) is 3.35. The van der Waals surface area contributed by atoms with Crippen molar-refractivity contribution in [1.29, 1.82) is 0 Å². The molecule has 1 saturated heterocycles. The monoisotopic (exact) mass is 475 g/mol. The number of hydrogen-bond donors (Lipinski definition) is 1. The average Bonchev–Trinajstić information content (AvgIpc) is 3.21. The Labute approximate surface area is 187 Å². The quantitative estimate of drug-likeness (QED) is 0.496. The SMILES string of the molecule is C[C@@H](OC1CCC2CNCC2C1c1ccc(F)cc1)c1cc(C(F)(F)F)cc(C(F)(F)F)c1. The van der Waals surface area contributed by atoms with Crippen molar-refractivity contribution >= 4 is 0 Å². The Balaban J connectivity index is 1.65. The van der Waals surface area contributed by atoms with Crippen LogP contribution in [-0.4, -0.2) is 19.2 Å². The predicted octanol–water partition coefficient (Wildman–Crippen LogP) is 6.72. The van der Waals surface area contributed by atoms with Crippen molar-refractivity contribution in [2.75, 3.05) is 13.1 Å². The fraction of sp³-hybridized carbons (Fsp3) is 0.500. The second kappa shape index (κ2) is 8.91. The van der Waals surface area contributed by atoms with Crippen LogP contribution in [0.2, 0.25) is 0 Å². The maximum absolute atomic E-state index is 13.5. The lowest BCUT2D eigenvalue weighted by Crippen LogP contribution is -2.38. The zero-order chi connectivity index (χ0) is 24.0. The molecule has 1 N–H and O–H groups in total. The van der Waals surface area contributed by atoms with E-state index in [-0.39, 0.29) is 29.3 Å². The molecule has 0 spiro atoms. The van der Waals surface area contributed by atoms with E-state index in [9.17, 15) is 30.7 Å².